The Hall–Kier alpha value is -2.14. The second-order valence-corrected chi connectivity index (χ2v) is 4.73. The van der Waals surface area contributed by atoms with Gasteiger partial charge in [-0.25, -0.2) is 4.68 Å². The smallest absolute Gasteiger partial charge is 0.322 e. The third-order valence-electron chi connectivity index (χ3n) is 3.37. The zero-order valence-corrected chi connectivity index (χ0v) is 12.0. The molecule has 106 valence electrons. The molecule has 0 aliphatic rings. The number of benzene rings is 1. The van der Waals surface area contributed by atoms with Crippen molar-refractivity contribution < 1.29 is 9.53 Å². The summed E-state index contributed by atoms with van der Waals surface area (Å²) >= 11 is 0. The van der Waals surface area contributed by atoms with Gasteiger partial charge in [-0.05, 0) is 31.5 Å². The number of esters is 1. The number of methoxy groups -OCH3 is 1. The third-order valence-corrected chi connectivity index (χ3v) is 3.37. The summed E-state index contributed by atoms with van der Waals surface area (Å²) in [6.07, 6.45) is 0.428. The van der Waals surface area contributed by atoms with E-state index in [0.29, 0.717) is 6.42 Å². The number of hydrogen-bond donors (Lipinski definition) is 1. The summed E-state index contributed by atoms with van der Waals surface area (Å²) in [5.74, 6) is -0.406. The highest BCUT2D eigenvalue weighted by Crippen LogP contribution is 2.19. The highest BCUT2D eigenvalue weighted by molar-refractivity contribution is 5.75. The fourth-order valence-corrected chi connectivity index (χ4v) is 2.25. The van der Waals surface area contributed by atoms with Crippen LogP contribution in [0.15, 0.2) is 30.3 Å². The molecule has 1 aromatic heterocycles. The molecule has 0 bridgehead atoms. The molecule has 2 rings (SSSR count). The fraction of sp³-hybridized carbons (Fsp3) is 0.333. The van der Waals surface area contributed by atoms with Crippen LogP contribution in [-0.2, 0) is 16.0 Å². The van der Waals surface area contributed by atoms with Crippen LogP contribution in [0, 0.1) is 13.8 Å². The normalized spacial score (nSPS) is 12.2. The maximum absolute atomic E-state index is 11.4. The lowest BCUT2D eigenvalue weighted by Gasteiger charge is -2.10. The zero-order chi connectivity index (χ0) is 14.7. The third kappa shape index (κ3) is 2.72. The quantitative estimate of drug-likeness (QED) is 0.858. The molecule has 20 heavy (non-hydrogen) atoms. The molecule has 0 radical (unpaired) electrons. The number of carbonyl (C=O) groups excluding carboxylic acids is 1. The fourth-order valence-electron chi connectivity index (χ4n) is 2.25. The number of aromatic nitrogens is 2. The number of hydrogen-bond acceptors (Lipinski definition) is 4. The van der Waals surface area contributed by atoms with Gasteiger partial charge in [-0.15, -0.1) is 0 Å². The van der Waals surface area contributed by atoms with Crippen LogP contribution in [0.3, 0.4) is 0 Å². The zero-order valence-electron chi connectivity index (χ0n) is 12.0. The van der Waals surface area contributed by atoms with Gasteiger partial charge >= 0.3 is 5.97 Å². The molecule has 0 spiro atoms. The van der Waals surface area contributed by atoms with Crippen molar-refractivity contribution in [3.8, 4) is 5.69 Å². The van der Waals surface area contributed by atoms with Crippen molar-refractivity contribution in [1.29, 1.82) is 0 Å². The van der Waals surface area contributed by atoms with Crippen molar-refractivity contribution in [2.45, 2.75) is 26.3 Å². The average molecular weight is 273 g/mol. The van der Waals surface area contributed by atoms with Gasteiger partial charge in [0, 0.05) is 12.1 Å². The van der Waals surface area contributed by atoms with Gasteiger partial charge in [0.05, 0.1) is 18.5 Å². The Kier molecular flexibility index (Phi) is 4.20. The monoisotopic (exact) mass is 273 g/mol. The summed E-state index contributed by atoms with van der Waals surface area (Å²) in [5, 5.41) is 4.53. The molecule has 1 aromatic carbocycles. The number of carbonyl (C=O) groups is 1. The Morgan fingerprint density at radius 2 is 2.00 bits per heavy atom. The largest absolute Gasteiger partial charge is 0.468 e. The van der Waals surface area contributed by atoms with Gasteiger partial charge in [-0.2, -0.15) is 5.10 Å². The van der Waals surface area contributed by atoms with E-state index in [0.717, 1.165) is 22.6 Å². The van der Waals surface area contributed by atoms with E-state index < -0.39 is 12.0 Å². The standard InChI is InChI=1S/C15H19N3O2/c1-10-13(9-14(16)15(19)20-3)11(2)18(17-10)12-7-5-4-6-8-12/h4-8,14H,9,16H2,1-3H3. The van der Waals surface area contributed by atoms with Crippen molar-refractivity contribution in [3.63, 3.8) is 0 Å². The van der Waals surface area contributed by atoms with Crippen LogP contribution in [0.2, 0.25) is 0 Å². The SMILES string of the molecule is COC(=O)C(N)Cc1c(C)nn(-c2ccccc2)c1C. The second kappa shape index (κ2) is 5.88. The number of nitrogens with two attached hydrogens (primary N) is 1. The van der Waals surface area contributed by atoms with E-state index in [9.17, 15) is 4.79 Å². The minimum atomic E-state index is -0.661. The molecule has 5 heteroatoms. The molecule has 1 unspecified atom stereocenters. The lowest BCUT2D eigenvalue weighted by Crippen LogP contribution is -2.34. The summed E-state index contributed by atoms with van der Waals surface area (Å²) in [6, 6.07) is 9.21. The molecular weight excluding hydrogens is 254 g/mol. The van der Waals surface area contributed by atoms with Crippen molar-refractivity contribution in [1.82, 2.24) is 9.78 Å². The summed E-state index contributed by atoms with van der Waals surface area (Å²) in [7, 11) is 1.34. The van der Waals surface area contributed by atoms with E-state index in [4.69, 9.17) is 5.73 Å². The van der Waals surface area contributed by atoms with Gasteiger partial charge in [0.2, 0.25) is 0 Å². The number of rotatable bonds is 4. The predicted octanol–water partition coefficient (Wildman–Crippen LogP) is 1.53. The predicted molar refractivity (Wildman–Crippen MR) is 76.7 cm³/mol. The molecule has 0 aliphatic carbocycles. The summed E-state index contributed by atoms with van der Waals surface area (Å²) < 4.78 is 6.53. The van der Waals surface area contributed by atoms with Crippen LogP contribution in [0.25, 0.3) is 5.69 Å². The number of ether oxygens (including phenoxy) is 1. The van der Waals surface area contributed by atoms with Gasteiger partial charge in [0.1, 0.15) is 6.04 Å². The first-order chi connectivity index (χ1) is 9.54. The van der Waals surface area contributed by atoms with Crippen LogP contribution in [-0.4, -0.2) is 28.9 Å². The average Bonchev–Trinajstić information content (AvgIpc) is 2.75. The maximum Gasteiger partial charge on any atom is 0.322 e. The number of nitrogens with zero attached hydrogens (tertiary/aromatic N) is 2. The highest BCUT2D eigenvalue weighted by Gasteiger charge is 2.20. The summed E-state index contributed by atoms with van der Waals surface area (Å²) in [4.78, 5) is 11.4. The number of aryl methyl sites for hydroxylation is 1. The highest BCUT2D eigenvalue weighted by atomic mass is 16.5. The summed E-state index contributed by atoms with van der Waals surface area (Å²) in [5.41, 5.74) is 9.69. The first-order valence-corrected chi connectivity index (χ1v) is 6.48. The molecule has 5 nitrogen and oxygen atoms in total. The molecule has 0 amide bonds. The Morgan fingerprint density at radius 3 is 2.60 bits per heavy atom. The topological polar surface area (TPSA) is 70.1 Å². The van der Waals surface area contributed by atoms with Gasteiger partial charge in [0.25, 0.3) is 0 Å². The van der Waals surface area contributed by atoms with Crippen LogP contribution in [0.5, 0.6) is 0 Å². The molecule has 0 fully saturated rings. The van der Waals surface area contributed by atoms with Crippen LogP contribution in [0.1, 0.15) is 17.0 Å². The molecule has 2 aromatic rings. The first-order valence-electron chi connectivity index (χ1n) is 6.48. The van der Waals surface area contributed by atoms with Crippen molar-refractivity contribution >= 4 is 5.97 Å². The molecule has 2 N–H and O–H groups in total. The Morgan fingerprint density at radius 1 is 1.35 bits per heavy atom. The molecule has 0 saturated carbocycles. The molecule has 0 saturated heterocycles. The number of para-hydroxylation sites is 1. The van der Waals surface area contributed by atoms with Crippen LogP contribution < -0.4 is 5.73 Å². The van der Waals surface area contributed by atoms with E-state index in [1.165, 1.54) is 7.11 Å². The molecule has 1 heterocycles. The van der Waals surface area contributed by atoms with Crippen LogP contribution in [0.4, 0.5) is 0 Å². The van der Waals surface area contributed by atoms with E-state index in [2.05, 4.69) is 9.84 Å². The summed E-state index contributed by atoms with van der Waals surface area (Å²) in [6.45, 7) is 3.90. The first kappa shape index (κ1) is 14.3. The minimum absolute atomic E-state index is 0.406. The van der Waals surface area contributed by atoms with E-state index in [1.54, 1.807) is 0 Å². The molecule has 0 aliphatic heterocycles. The Labute approximate surface area is 118 Å². The maximum atomic E-state index is 11.4. The minimum Gasteiger partial charge on any atom is -0.468 e. The van der Waals surface area contributed by atoms with Gasteiger partial charge in [-0.3, -0.25) is 4.79 Å². The van der Waals surface area contributed by atoms with Gasteiger partial charge in [-0.1, -0.05) is 18.2 Å². The Balaban J connectivity index is 2.33. The van der Waals surface area contributed by atoms with Crippen molar-refractivity contribution in [2.75, 3.05) is 7.11 Å². The van der Waals surface area contributed by atoms with Gasteiger partial charge in [0.15, 0.2) is 0 Å². The molecular formula is C15H19N3O2. The van der Waals surface area contributed by atoms with Gasteiger partial charge < -0.3 is 10.5 Å². The van der Waals surface area contributed by atoms with Crippen molar-refractivity contribution in [3.05, 3.63) is 47.3 Å². The van der Waals surface area contributed by atoms with E-state index in [1.807, 2.05) is 48.9 Å². The Bertz CT molecular complexity index is 605. The molecule has 1 atom stereocenters. The lowest BCUT2D eigenvalue weighted by molar-refractivity contribution is -0.142. The second-order valence-electron chi connectivity index (χ2n) is 4.73. The lowest BCUT2D eigenvalue weighted by atomic mass is 10.0. The van der Waals surface area contributed by atoms with E-state index >= 15 is 0 Å². The van der Waals surface area contributed by atoms with Crippen LogP contribution >= 0.6 is 0 Å². The van der Waals surface area contributed by atoms with Crippen molar-refractivity contribution in [2.24, 2.45) is 5.73 Å². The van der Waals surface area contributed by atoms with E-state index in [-0.39, 0.29) is 0 Å².